The SMILES string of the molecule is C[C@H](NC(=O)c1ccccc1)c1nnc(SCC(=O)Nc2ccc(Cl)cc2)n1C. The first kappa shape index (κ1) is 20.9. The summed E-state index contributed by atoms with van der Waals surface area (Å²) in [4.78, 5) is 24.5. The van der Waals surface area contributed by atoms with Gasteiger partial charge in [-0.2, -0.15) is 0 Å². The number of rotatable bonds is 7. The van der Waals surface area contributed by atoms with Gasteiger partial charge in [-0.25, -0.2) is 0 Å². The molecule has 2 aromatic carbocycles. The minimum Gasteiger partial charge on any atom is -0.342 e. The van der Waals surface area contributed by atoms with Crippen molar-refractivity contribution in [3.05, 3.63) is 71.0 Å². The van der Waals surface area contributed by atoms with Gasteiger partial charge in [0.25, 0.3) is 5.91 Å². The van der Waals surface area contributed by atoms with Crippen molar-refractivity contribution < 1.29 is 9.59 Å². The van der Waals surface area contributed by atoms with Crippen LogP contribution in [0.2, 0.25) is 5.02 Å². The highest BCUT2D eigenvalue weighted by Gasteiger charge is 2.19. The van der Waals surface area contributed by atoms with E-state index >= 15 is 0 Å². The fraction of sp³-hybridized carbons (Fsp3) is 0.200. The molecule has 0 aliphatic heterocycles. The quantitative estimate of drug-likeness (QED) is 0.559. The monoisotopic (exact) mass is 429 g/mol. The van der Waals surface area contributed by atoms with Crippen LogP contribution in [0.15, 0.2) is 59.8 Å². The second-order valence-electron chi connectivity index (χ2n) is 6.30. The summed E-state index contributed by atoms with van der Waals surface area (Å²) in [5.41, 5.74) is 1.26. The standard InChI is InChI=1S/C20H20ClN5O2S/c1-13(22-19(28)14-6-4-3-5-7-14)18-24-25-20(26(18)2)29-12-17(27)23-16-10-8-15(21)9-11-16/h3-11,13H,12H2,1-2H3,(H,22,28)(H,23,27)/t13-/m0/s1. The smallest absolute Gasteiger partial charge is 0.251 e. The van der Waals surface area contributed by atoms with Crippen molar-refractivity contribution in [2.75, 3.05) is 11.1 Å². The molecule has 0 saturated heterocycles. The van der Waals surface area contributed by atoms with Crippen LogP contribution in [-0.2, 0) is 11.8 Å². The molecule has 0 fully saturated rings. The predicted molar refractivity (Wildman–Crippen MR) is 114 cm³/mol. The number of amides is 2. The number of nitrogens with one attached hydrogen (secondary N) is 2. The molecule has 0 aliphatic carbocycles. The van der Waals surface area contributed by atoms with Gasteiger partial charge in [0.05, 0.1) is 11.8 Å². The number of nitrogens with zero attached hydrogens (tertiary/aromatic N) is 3. The maximum Gasteiger partial charge on any atom is 0.251 e. The Bertz CT molecular complexity index is 992. The van der Waals surface area contributed by atoms with Crippen LogP contribution in [0.1, 0.15) is 29.1 Å². The predicted octanol–water partition coefficient (Wildman–Crippen LogP) is 3.69. The second-order valence-corrected chi connectivity index (χ2v) is 7.68. The number of anilines is 1. The van der Waals surface area contributed by atoms with Gasteiger partial charge < -0.3 is 15.2 Å². The summed E-state index contributed by atoms with van der Waals surface area (Å²) >= 11 is 7.11. The Labute approximate surface area is 177 Å². The van der Waals surface area contributed by atoms with E-state index in [0.29, 0.717) is 27.3 Å². The minimum absolute atomic E-state index is 0.160. The van der Waals surface area contributed by atoms with Gasteiger partial charge in [0, 0.05) is 23.3 Å². The number of hydrogen-bond donors (Lipinski definition) is 2. The largest absolute Gasteiger partial charge is 0.342 e. The maximum absolute atomic E-state index is 12.3. The van der Waals surface area contributed by atoms with Crippen molar-refractivity contribution in [2.45, 2.75) is 18.1 Å². The van der Waals surface area contributed by atoms with E-state index in [1.807, 2.05) is 25.1 Å². The Balaban J connectivity index is 1.56. The summed E-state index contributed by atoms with van der Waals surface area (Å²) in [6, 6.07) is 15.5. The number of carbonyl (C=O) groups excluding carboxylic acids is 2. The molecule has 2 N–H and O–H groups in total. The van der Waals surface area contributed by atoms with Gasteiger partial charge in [0.2, 0.25) is 5.91 Å². The van der Waals surface area contributed by atoms with Gasteiger partial charge in [-0.15, -0.1) is 10.2 Å². The molecule has 3 aromatic rings. The first-order valence-electron chi connectivity index (χ1n) is 8.87. The van der Waals surface area contributed by atoms with Crippen molar-refractivity contribution in [3.8, 4) is 0 Å². The summed E-state index contributed by atoms with van der Waals surface area (Å²) in [6.07, 6.45) is 0. The fourth-order valence-electron chi connectivity index (χ4n) is 2.62. The van der Waals surface area contributed by atoms with Crippen LogP contribution < -0.4 is 10.6 Å². The molecular formula is C20H20ClN5O2S. The van der Waals surface area contributed by atoms with E-state index in [-0.39, 0.29) is 23.6 Å². The lowest BCUT2D eigenvalue weighted by molar-refractivity contribution is -0.113. The van der Waals surface area contributed by atoms with Gasteiger partial charge in [-0.1, -0.05) is 41.6 Å². The van der Waals surface area contributed by atoms with E-state index in [1.165, 1.54) is 11.8 Å². The van der Waals surface area contributed by atoms with Crippen molar-refractivity contribution in [1.82, 2.24) is 20.1 Å². The molecule has 0 aliphatic rings. The lowest BCUT2D eigenvalue weighted by Gasteiger charge is -2.13. The molecule has 150 valence electrons. The van der Waals surface area contributed by atoms with Gasteiger partial charge in [0.15, 0.2) is 11.0 Å². The zero-order chi connectivity index (χ0) is 20.8. The van der Waals surface area contributed by atoms with Crippen LogP contribution in [0.4, 0.5) is 5.69 Å². The number of carbonyl (C=O) groups is 2. The molecular weight excluding hydrogens is 410 g/mol. The van der Waals surface area contributed by atoms with E-state index in [2.05, 4.69) is 20.8 Å². The van der Waals surface area contributed by atoms with Gasteiger partial charge in [-0.3, -0.25) is 9.59 Å². The maximum atomic E-state index is 12.3. The van der Waals surface area contributed by atoms with Crippen molar-refractivity contribution >= 4 is 40.9 Å². The van der Waals surface area contributed by atoms with Gasteiger partial charge in [0.1, 0.15) is 0 Å². The summed E-state index contributed by atoms with van der Waals surface area (Å²) < 4.78 is 1.77. The van der Waals surface area contributed by atoms with Gasteiger partial charge >= 0.3 is 0 Å². The Morgan fingerprint density at radius 2 is 1.79 bits per heavy atom. The normalized spacial score (nSPS) is 11.7. The topological polar surface area (TPSA) is 88.9 Å². The number of hydrogen-bond acceptors (Lipinski definition) is 5. The van der Waals surface area contributed by atoms with Crippen LogP contribution in [0.5, 0.6) is 0 Å². The van der Waals surface area contributed by atoms with E-state index in [0.717, 1.165) is 0 Å². The van der Waals surface area contributed by atoms with E-state index in [1.54, 1.807) is 48.0 Å². The van der Waals surface area contributed by atoms with Crippen molar-refractivity contribution in [2.24, 2.45) is 7.05 Å². The molecule has 0 unspecified atom stereocenters. The molecule has 1 atom stereocenters. The highest BCUT2D eigenvalue weighted by molar-refractivity contribution is 7.99. The Morgan fingerprint density at radius 1 is 1.10 bits per heavy atom. The Hall–Kier alpha value is -2.84. The first-order chi connectivity index (χ1) is 13.9. The fourth-order valence-corrected chi connectivity index (χ4v) is 3.47. The van der Waals surface area contributed by atoms with E-state index in [9.17, 15) is 9.59 Å². The lowest BCUT2D eigenvalue weighted by atomic mass is 10.2. The van der Waals surface area contributed by atoms with Crippen molar-refractivity contribution in [3.63, 3.8) is 0 Å². The third-order valence-corrected chi connectivity index (χ3v) is 5.37. The van der Waals surface area contributed by atoms with Crippen LogP contribution in [0, 0.1) is 0 Å². The van der Waals surface area contributed by atoms with Crippen LogP contribution >= 0.6 is 23.4 Å². The molecule has 0 spiro atoms. The molecule has 1 aromatic heterocycles. The molecule has 29 heavy (non-hydrogen) atoms. The lowest BCUT2D eigenvalue weighted by Crippen LogP contribution is -2.28. The summed E-state index contributed by atoms with van der Waals surface area (Å²) in [5, 5.41) is 15.2. The summed E-state index contributed by atoms with van der Waals surface area (Å²) in [5.74, 6) is 0.444. The summed E-state index contributed by atoms with van der Waals surface area (Å²) in [7, 11) is 1.81. The number of thioether (sulfide) groups is 1. The molecule has 7 nitrogen and oxygen atoms in total. The minimum atomic E-state index is -0.336. The molecule has 0 bridgehead atoms. The first-order valence-corrected chi connectivity index (χ1v) is 10.2. The summed E-state index contributed by atoms with van der Waals surface area (Å²) in [6.45, 7) is 1.84. The van der Waals surface area contributed by atoms with Crippen molar-refractivity contribution in [1.29, 1.82) is 0 Å². The van der Waals surface area contributed by atoms with E-state index in [4.69, 9.17) is 11.6 Å². The molecule has 9 heteroatoms. The zero-order valence-electron chi connectivity index (χ0n) is 15.9. The average Bonchev–Trinajstić information content (AvgIpc) is 3.09. The Morgan fingerprint density at radius 3 is 2.48 bits per heavy atom. The highest BCUT2D eigenvalue weighted by Crippen LogP contribution is 2.20. The average molecular weight is 430 g/mol. The van der Waals surface area contributed by atoms with Crippen LogP contribution in [0.3, 0.4) is 0 Å². The molecule has 1 heterocycles. The zero-order valence-corrected chi connectivity index (χ0v) is 17.5. The van der Waals surface area contributed by atoms with Crippen LogP contribution in [-0.4, -0.2) is 32.3 Å². The third-order valence-electron chi connectivity index (χ3n) is 4.10. The molecule has 3 rings (SSSR count). The van der Waals surface area contributed by atoms with E-state index < -0.39 is 0 Å². The third kappa shape index (κ3) is 5.58. The molecule has 0 saturated carbocycles. The number of aromatic nitrogens is 3. The second kappa shape index (κ2) is 9.58. The number of benzene rings is 2. The van der Waals surface area contributed by atoms with Crippen LogP contribution in [0.25, 0.3) is 0 Å². The number of halogens is 1. The molecule has 2 amide bonds. The Kier molecular flexibility index (Phi) is 6.90. The van der Waals surface area contributed by atoms with Gasteiger partial charge in [-0.05, 0) is 43.3 Å². The highest BCUT2D eigenvalue weighted by atomic mass is 35.5. The molecule has 0 radical (unpaired) electrons.